The van der Waals surface area contributed by atoms with Crippen molar-refractivity contribution < 1.29 is 9.90 Å². The van der Waals surface area contributed by atoms with Crippen LogP contribution in [0.15, 0.2) is 36.4 Å². The summed E-state index contributed by atoms with van der Waals surface area (Å²) in [5.41, 5.74) is 13.8. The van der Waals surface area contributed by atoms with Gasteiger partial charge in [-0.1, -0.05) is 12.1 Å². The average molecular weight is 227 g/mol. The van der Waals surface area contributed by atoms with E-state index < -0.39 is 5.97 Å². The van der Waals surface area contributed by atoms with Crippen molar-refractivity contribution in [1.29, 1.82) is 0 Å². The Kier molecular flexibility index (Phi) is 2.70. The van der Waals surface area contributed by atoms with Crippen molar-refractivity contribution in [2.75, 3.05) is 11.5 Å². The van der Waals surface area contributed by atoms with Gasteiger partial charge < -0.3 is 16.6 Å². The standard InChI is InChI=1S/C13H11N2O2/c14-10-6-8(5-9(7-10)13(16)17)11-3-1-2-4-12(11)15/h1-2,4-7H,14-15H2,(H,16,17). The summed E-state index contributed by atoms with van der Waals surface area (Å²) >= 11 is 0. The monoisotopic (exact) mass is 227 g/mol. The van der Waals surface area contributed by atoms with Gasteiger partial charge in [0.15, 0.2) is 0 Å². The Morgan fingerprint density at radius 1 is 1.24 bits per heavy atom. The minimum atomic E-state index is -1.02. The maximum Gasteiger partial charge on any atom is 0.335 e. The SMILES string of the molecule is Nc1cc(C(=O)O)cc(-c2[c]cccc2N)c1. The molecule has 0 atom stereocenters. The Balaban J connectivity index is 2.60. The molecule has 2 rings (SSSR count). The van der Waals surface area contributed by atoms with Gasteiger partial charge in [-0.15, -0.1) is 0 Å². The lowest BCUT2D eigenvalue weighted by molar-refractivity contribution is 0.0697. The molecule has 0 fully saturated rings. The lowest BCUT2D eigenvalue weighted by atomic mass is 10.0. The van der Waals surface area contributed by atoms with Gasteiger partial charge in [0.05, 0.1) is 5.56 Å². The highest BCUT2D eigenvalue weighted by molar-refractivity contribution is 5.92. The van der Waals surface area contributed by atoms with Crippen molar-refractivity contribution >= 4 is 17.3 Å². The van der Waals surface area contributed by atoms with E-state index >= 15 is 0 Å². The first kappa shape index (κ1) is 11.0. The topological polar surface area (TPSA) is 89.3 Å². The van der Waals surface area contributed by atoms with E-state index in [0.717, 1.165) is 0 Å². The van der Waals surface area contributed by atoms with E-state index in [0.29, 0.717) is 22.5 Å². The van der Waals surface area contributed by atoms with E-state index in [1.807, 2.05) is 0 Å². The Morgan fingerprint density at radius 2 is 2.00 bits per heavy atom. The molecule has 4 heteroatoms. The van der Waals surface area contributed by atoms with E-state index in [1.54, 1.807) is 24.3 Å². The molecule has 5 N–H and O–H groups in total. The third-order valence-corrected chi connectivity index (χ3v) is 2.38. The molecule has 2 aromatic rings. The molecule has 4 nitrogen and oxygen atoms in total. The minimum Gasteiger partial charge on any atom is -0.478 e. The van der Waals surface area contributed by atoms with Crippen LogP contribution in [0.25, 0.3) is 11.1 Å². The zero-order valence-electron chi connectivity index (χ0n) is 8.97. The van der Waals surface area contributed by atoms with Crippen LogP contribution < -0.4 is 11.5 Å². The summed E-state index contributed by atoms with van der Waals surface area (Å²) in [6.07, 6.45) is 0. The number of rotatable bonds is 2. The maximum atomic E-state index is 10.9. The van der Waals surface area contributed by atoms with Crippen LogP contribution in [0.5, 0.6) is 0 Å². The highest BCUT2D eigenvalue weighted by Crippen LogP contribution is 2.27. The van der Waals surface area contributed by atoms with Crippen LogP contribution in [-0.2, 0) is 0 Å². The predicted molar refractivity (Wildman–Crippen MR) is 66.5 cm³/mol. The van der Waals surface area contributed by atoms with E-state index in [9.17, 15) is 4.79 Å². The van der Waals surface area contributed by atoms with Gasteiger partial charge in [-0.3, -0.25) is 0 Å². The number of anilines is 2. The Labute approximate surface area is 98.5 Å². The largest absolute Gasteiger partial charge is 0.478 e. The molecule has 17 heavy (non-hydrogen) atoms. The molecule has 0 unspecified atom stereocenters. The van der Waals surface area contributed by atoms with Crippen LogP contribution >= 0.6 is 0 Å². The summed E-state index contributed by atoms with van der Waals surface area (Å²) in [6, 6.07) is 12.8. The van der Waals surface area contributed by atoms with Crippen molar-refractivity contribution in [3.8, 4) is 11.1 Å². The fourth-order valence-electron chi connectivity index (χ4n) is 1.62. The lowest BCUT2D eigenvalue weighted by Crippen LogP contribution is -1.99. The second-order valence-corrected chi connectivity index (χ2v) is 3.65. The second kappa shape index (κ2) is 4.17. The number of carbonyl (C=O) groups is 1. The summed E-state index contributed by atoms with van der Waals surface area (Å²) in [4.78, 5) is 10.9. The van der Waals surface area contributed by atoms with Crippen molar-refractivity contribution in [1.82, 2.24) is 0 Å². The van der Waals surface area contributed by atoms with Crippen LogP contribution in [0.1, 0.15) is 10.4 Å². The van der Waals surface area contributed by atoms with Gasteiger partial charge in [-0.2, -0.15) is 0 Å². The second-order valence-electron chi connectivity index (χ2n) is 3.65. The van der Waals surface area contributed by atoms with Crippen molar-refractivity contribution in [2.45, 2.75) is 0 Å². The van der Waals surface area contributed by atoms with Gasteiger partial charge in [0, 0.05) is 16.9 Å². The number of carboxylic acids is 1. The Hall–Kier alpha value is -2.49. The first-order chi connectivity index (χ1) is 8.08. The number of nitrogens with two attached hydrogens (primary N) is 2. The highest BCUT2D eigenvalue weighted by atomic mass is 16.4. The molecule has 2 aromatic carbocycles. The van der Waals surface area contributed by atoms with Crippen molar-refractivity contribution in [3.05, 3.63) is 48.0 Å². The van der Waals surface area contributed by atoms with Gasteiger partial charge in [0.2, 0.25) is 0 Å². The molecular weight excluding hydrogens is 216 g/mol. The van der Waals surface area contributed by atoms with Gasteiger partial charge in [-0.05, 0) is 35.9 Å². The number of benzene rings is 2. The number of aromatic carboxylic acids is 1. The first-order valence-corrected chi connectivity index (χ1v) is 4.98. The summed E-state index contributed by atoms with van der Waals surface area (Å²) in [5, 5.41) is 8.95. The molecule has 0 aliphatic heterocycles. The Bertz CT molecular complexity index is 579. The van der Waals surface area contributed by atoms with E-state index in [1.165, 1.54) is 12.1 Å². The molecule has 0 aliphatic rings. The van der Waals surface area contributed by atoms with Gasteiger partial charge in [0.1, 0.15) is 0 Å². The maximum absolute atomic E-state index is 10.9. The van der Waals surface area contributed by atoms with Crippen molar-refractivity contribution in [3.63, 3.8) is 0 Å². The summed E-state index contributed by atoms with van der Waals surface area (Å²) in [6.45, 7) is 0. The molecule has 0 spiro atoms. The van der Waals surface area contributed by atoms with Crippen LogP contribution in [0.2, 0.25) is 0 Å². The minimum absolute atomic E-state index is 0.136. The zero-order chi connectivity index (χ0) is 12.4. The van der Waals surface area contributed by atoms with E-state index in [2.05, 4.69) is 6.07 Å². The van der Waals surface area contributed by atoms with Crippen LogP contribution in [-0.4, -0.2) is 11.1 Å². The molecule has 0 aliphatic carbocycles. The normalized spacial score (nSPS) is 10.1. The first-order valence-electron chi connectivity index (χ1n) is 4.98. The third-order valence-electron chi connectivity index (χ3n) is 2.38. The van der Waals surface area contributed by atoms with Gasteiger partial charge in [0.25, 0.3) is 0 Å². The summed E-state index contributed by atoms with van der Waals surface area (Å²) < 4.78 is 0. The predicted octanol–water partition coefficient (Wildman–Crippen LogP) is 2.02. The van der Waals surface area contributed by atoms with Crippen molar-refractivity contribution in [2.24, 2.45) is 0 Å². The van der Waals surface area contributed by atoms with Gasteiger partial charge in [-0.25, -0.2) is 4.79 Å². The zero-order valence-corrected chi connectivity index (χ0v) is 8.97. The molecule has 0 amide bonds. The molecule has 0 bridgehead atoms. The number of hydrogen-bond acceptors (Lipinski definition) is 3. The fourth-order valence-corrected chi connectivity index (χ4v) is 1.62. The molecular formula is C13H11N2O2. The summed E-state index contributed by atoms with van der Waals surface area (Å²) in [7, 11) is 0. The third kappa shape index (κ3) is 2.20. The van der Waals surface area contributed by atoms with Crippen LogP contribution in [0, 0.1) is 6.07 Å². The lowest BCUT2D eigenvalue weighted by Gasteiger charge is -2.07. The highest BCUT2D eigenvalue weighted by Gasteiger charge is 2.08. The molecule has 0 saturated carbocycles. The smallest absolute Gasteiger partial charge is 0.335 e. The van der Waals surface area contributed by atoms with E-state index in [-0.39, 0.29) is 5.56 Å². The molecule has 0 saturated heterocycles. The molecule has 0 aromatic heterocycles. The number of hydrogen-bond donors (Lipinski definition) is 3. The Morgan fingerprint density at radius 3 is 2.65 bits per heavy atom. The molecule has 0 heterocycles. The van der Waals surface area contributed by atoms with Crippen LogP contribution in [0.3, 0.4) is 0 Å². The quantitative estimate of drug-likeness (QED) is 0.684. The number of carboxylic acid groups (broad SMARTS) is 1. The fraction of sp³-hybridized carbons (Fsp3) is 0. The number of nitrogen functional groups attached to an aromatic ring is 2. The average Bonchev–Trinajstić information content (AvgIpc) is 2.28. The molecule has 1 radical (unpaired) electrons. The van der Waals surface area contributed by atoms with Gasteiger partial charge >= 0.3 is 5.97 Å². The summed E-state index contributed by atoms with van der Waals surface area (Å²) in [5.74, 6) is -1.02. The molecule has 85 valence electrons. The van der Waals surface area contributed by atoms with E-state index in [4.69, 9.17) is 16.6 Å². The van der Waals surface area contributed by atoms with Crippen LogP contribution in [0.4, 0.5) is 11.4 Å².